The Bertz CT molecular complexity index is 264. The van der Waals surface area contributed by atoms with Crippen LogP contribution in [0, 0.1) is 0 Å². The molecular weight excluding hydrogens is 216 g/mol. The standard InChI is InChI=1S/C13H24N2O2/c1-10(16)9-12-3-2-7-15(12)8-6-13(17)14-11-4-5-11/h10-12,16H,2-9H2,1H3,(H,14,17). The van der Waals surface area contributed by atoms with Gasteiger partial charge in [0.2, 0.25) is 5.91 Å². The van der Waals surface area contributed by atoms with E-state index in [9.17, 15) is 9.90 Å². The van der Waals surface area contributed by atoms with Crippen LogP contribution in [0.4, 0.5) is 0 Å². The first-order valence-corrected chi connectivity index (χ1v) is 6.86. The number of carbonyl (C=O) groups is 1. The van der Waals surface area contributed by atoms with Crippen molar-refractivity contribution in [1.82, 2.24) is 10.2 Å². The maximum atomic E-state index is 11.6. The predicted octanol–water partition coefficient (Wildman–Crippen LogP) is 0.890. The first kappa shape index (κ1) is 12.8. The lowest BCUT2D eigenvalue weighted by atomic mass is 10.1. The molecule has 1 aliphatic carbocycles. The van der Waals surface area contributed by atoms with Gasteiger partial charge in [0.1, 0.15) is 0 Å². The lowest BCUT2D eigenvalue weighted by molar-refractivity contribution is -0.121. The van der Waals surface area contributed by atoms with Crippen molar-refractivity contribution in [1.29, 1.82) is 0 Å². The van der Waals surface area contributed by atoms with E-state index in [0.29, 0.717) is 18.5 Å². The van der Waals surface area contributed by atoms with Gasteiger partial charge in [0.25, 0.3) is 0 Å². The van der Waals surface area contributed by atoms with Crippen LogP contribution in [0.2, 0.25) is 0 Å². The second-order valence-electron chi connectivity index (χ2n) is 5.51. The Balaban J connectivity index is 1.67. The maximum absolute atomic E-state index is 11.6. The molecule has 4 nitrogen and oxygen atoms in total. The summed E-state index contributed by atoms with van der Waals surface area (Å²) in [7, 11) is 0. The van der Waals surface area contributed by atoms with Crippen molar-refractivity contribution >= 4 is 5.91 Å². The number of likely N-dealkylation sites (tertiary alicyclic amines) is 1. The van der Waals surface area contributed by atoms with Gasteiger partial charge in [-0.2, -0.15) is 0 Å². The minimum absolute atomic E-state index is 0.190. The average Bonchev–Trinajstić information content (AvgIpc) is 2.95. The van der Waals surface area contributed by atoms with E-state index in [1.54, 1.807) is 0 Å². The Morgan fingerprint density at radius 2 is 2.24 bits per heavy atom. The Hall–Kier alpha value is -0.610. The molecule has 2 aliphatic rings. The van der Waals surface area contributed by atoms with E-state index in [-0.39, 0.29) is 12.0 Å². The highest BCUT2D eigenvalue weighted by atomic mass is 16.3. The van der Waals surface area contributed by atoms with Crippen LogP contribution in [-0.2, 0) is 4.79 Å². The van der Waals surface area contributed by atoms with Gasteiger partial charge < -0.3 is 10.4 Å². The molecule has 0 aromatic rings. The quantitative estimate of drug-likeness (QED) is 0.725. The molecule has 2 rings (SSSR count). The molecule has 0 bridgehead atoms. The highest BCUT2D eigenvalue weighted by Gasteiger charge is 2.27. The Labute approximate surface area is 103 Å². The van der Waals surface area contributed by atoms with Gasteiger partial charge in [0.15, 0.2) is 0 Å². The molecule has 1 aliphatic heterocycles. The van der Waals surface area contributed by atoms with E-state index in [1.807, 2.05) is 6.92 Å². The molecule has 98 valence electrons. The molecule has 0 radical (unpaired) electrons. The van der Waals surface area contributed by atoms with Crippen molar-refractivity contribution in [2.45, 2.75) is 63.6 Å². The summed E-state index contributed by atoms with van der Waals surface area (Å²) in [5.74, 6) is 0.190. The highest BCUT2D eigenvalue weighted by Crippen LogP contribution is 2.22. The number of nitrogens with zero attached hydrogens (tertiary/aromatic N) is 1. The zero-order valence-corrected chi connectivity index (χ0v) is 10.7. The summed E-state index contributed by atoms with van der Waals surface area (Å²) in [4.78, 5) is 14.0. The Kier molecular flexibility index (Phi) is 4.40. The molecule has 2 fully saturated rings. The molecule has 2 unspecified atom stereocenters. The fraction of sp³-hybridized carbons (Fsp3) is 0.923. The molecule has 1 amide bonds. The summed E-state index contributed by atoms with van der Waals surface area (Å²) >= 11 is 0. The zero-order valence-electron chi connectivity index (χ0n) is 10.7. The minimum Gasteiger partial charge on any atom is -0.393 e. The number of hydrogen-bond acceptors (Lipinski definition) is 3. The summed E-state index contributed by atoms with van der Waals surface area (Å²) in [5, 5.41) is 12.4. The van der Waals surface area contributed by atoms with Crippen molar-refractivity contribution in [2.24, 2.45) is 0 Å². The van der Waals surface area contributed by atoms with Crippen LogP contribution in [0.1, 0.15) is 45.4 Å². The fourth-order valence-electron chi connectivity index (χ4n) is 2.62. The van der Waals surface area contributed by atoms with Gasteiger partial charge in [-0.15, -0.1) is 0 Å². The van der Waals surface area contributed by atoms with E-state index in [4.69, 9.17) is 0 Å². The molecule has 17 heavy (non-hydrogen) atoms. The van der Waals surface area contributed by atoms with Gasteiger partial charge in [0.05, 0.1) is 6.10 Å². The molecule has 1 heterocycles. The van der Waals surface area contributed by atoms with Gasteiger partial charge in [-0.25, -0.2) is 0 Å². The summed E-state index contributed by atoms with van der Waals surface area (Å²) in [6.07, 6.45) is 5.87. The Morgan fingerprint density at radius 1 is 1.47 bits per heavy atom. The van der Waals surface area contributed by atoms with Crippen LogP contribution in [0.25, 0.3) is 0 Å². The summed E-state index contributed by atoms with van der Waals surface area (Å²) in [6, 6.07) is 0.943. The van der Waals surface area contributed by atoms with Crippen LogP contribution < -0.4 is 5.32 Å². The molecule has 2 N–H and O–H groups in total. The largest absolute Gasteiger partial charge is 0.393 e. The number of nitrogens with one attached hydrogen (secondary N) is 1. The highest BCUT2D eigenvalue weighted by molar-refractivity contribution is 5.76. The summed E-state index contributed by atoms with van der Waals surface area (Å²) in [5.41, 5.74) is 0. The van der Waals surface area contributed by atoms with Crippen LogP contribution >= 0.6 is 0 Å². The van der Waals surface area contributed by atoms with E-state index in [1.165, 1.54) is 6.42 Å². The number of rotatable bonds is 6. The van der Waals surface area contributed by atoms with Crippen LogP contribution in [-0.4, -0.2) is 47.2 Å². The fourth-order valence-corrected chi connectivity index (χ4v) is 2.62. The number of amides is 1. The zero-order chi connectivity index (χ0) is 12.3. The molecule has 0 aromatic carbocycles. The van der Waals surface area contributed by atoms with Gasteiger partial charge >= 0.3 is 0 Å². The van der Waals surface area contributed by atoms with E-state index < -0.39 is 0 Å². The van der Waals surface area contributed by atoms with Gasteiger partial charge in [-0.1, -0.05) is 0 Å². The SMILES string of the molecule is CC(O)CC1CCCN1CCC(=O)NC1CC1. The van der Waals surface area contributed by atoms with Crippen LogP contribution in [0.15, 0.2) is 0 Å². The molecule has 2 atom stereocenters. The third-order valence-corrected chi connectivity index (χ3v) is 3.68. The first-order chi connectivity index (χ1) is 8.15. The number of hydrogen-bond donors (Lipinski definition) is 2. The topological polar surface area (TPSA) is 52.6 Å². The van der Waals surface area contributed by atoms with Crippen molar-refractivity contribution < 1.29 is 9.90 Å². The molecule has 0 aromatic heterocycles. The molecule has 4 heteroatoms. The monoisotopic (exact) mass is 240 g/mol. The van der Waals surface area contributed by atoms with Crippen LogP contribution in [0.5, 0.6) is 0 Å². The third-order valence-electron chi connectivity index (χ3n) is 3.68. The van der Waals surface area contributed by atoms with E-state index >= 15 is 0 Å². The summed E-state index contributed by atoms with van der Waals surface area (Å²) in [6.45, 7) is 3.76. The van der Waals surface area contributed by atoms with Gasteiger partial charge in [-0.3, -0.25) is 9.69 Å². The van der Waals surface area contributed by atoms with Crippen molar-refractivity contribution in [2.75, 3.05) is 13.1 Å². The van der Waals surface area contributed by atoms with Crippen molar-refractivity contribution in [3.63, 3.8) is 0 Å². The predicted molar refractivity (Wildman–Crippen MR) is 66.7 cm³/mol. The van der Waals surface area contributed by atoms with Crippen LogP contribution in [0.3, 0.4) is 0 Å². The average molecular weight is 240 g/mol. The number of aliphatic hydroxyl groups excluding tert-OH is 1. The van der Waals surface area contributed by atoms with Gasteiger partial charge in [-0.05, 0) is 45.6 Å². The number of aliphatic hydroxyl groups is 1. The Morgan fingerprint density at radius 3 is 2.88 bits per heavy atom. The lowest BCUT2D eigenvalue weighted by Gasteiger charge is -2.25. The molecule has 1 saturated heterocycles. The second-order valence-corrected chi connectivity index (χ2v) is 5.51. The minimum atomic E-state index is -0.235. The molecule has 1 saturated carbocycles. The first-order valence-electron chi connectivity index (χ1n) is 6.86. The normalized spacial score (nSPS) is 27.1. The molecule has 0 spiro atoms. The third kappa shape index (κ3) is 4.28. The van der Waals surface area contributed by atoms with E-state index in [2.05, 4.69) is 10.2 Å². The second kappa shape index (κ2) is 5.83. The smallest absolute Gasteiger partial charge is 0.221 e. The van der Waals surface area contributed by atoms with E-state index in [0.717, 1.165) is 38.8 Å². The van der Waals surface area contributed by atoms with Crippen molar-refractivity contribution in [3.05, 3.63) is 0 Å². The summed E-state index contributed by atoms with van der Waals surface area (Å²) < 4.78 is 0. The maximum Gasteiger partial charge on any atom is 0.221 e. The lowest BCUT2D eigenvalue weighted by Crippen LogP contribution is -2.36. The van der Waals surface area contributed by atoms with Crippen molar-refractivity contribution in [3.8, 4) is 0 Å². The van der Waals surface area contributed by atoms with Gasteiger partial charge in [0, 0.05) is 25.0 Å². The number of carbonyl (C=O) groups excluding carboxylic acids is 1. The molecular formula is C13H24N2O2.